The number of hydrogen-bond donors (Lipinski definition) is 1. The van der Waals surface area contributed by atoms with E-state index in [2.05, 4.69) is 0 Å². The van der Waals surface area contributed by atoms with Crippen molar-refractivity contribution in [2.45, 2.75) is 13.3 Å². The van der Waals surface area contributed by atoms with Crippen LogP contribution in [0, 0.1) is 5.82 Å². The molecule has 0 amide bonds. The lowest BCUT2D eigenvalue weighted by atomic mass is 10.1. The van der Waals surface area contributed by atoms with E-state index in [1.807, 2.05) is 19.1 Å². The van der Waals surface area contributed by atoms with Gasteiger partial charge < -0.3 is 19.9 Å². The van der Waals surface area contributed by atoms with Crippen LogP contribution >= 0.6 is 0 Å². The first-order chi connectivity index (χ1) is 10.1. The van der Waals surface area contributed by atoms with Crippen LogP contribution in [0.4, 0.5) is 10.1 Å². The van der Waals surface area contributed by atoms with E-state index in [0.29, 0.717) is 17.2 Å². The molecule has 4 nitrogen and oxygen atoms in total. The Kier molecular flexibility index (Phi) is 4.52. The van der Waals surface area contributed by atoms with Crippen LogP contribution < -0.4 is 19.9 Å². The monoisotopic (exact) mass is 291 g/mol. The Hall–Kier alpha value is -2.43. The zero-order valence-corrected chi connectivity index (χ0v) is 12.3. The van der Waals surface area contributed by atoms with Crippen molar-refractivity contribution in [3.8, 4) is 23.0 Å². The van der Waals surface area contributed by atoms with Gasteiger partial charge in [-0.3, -0.25) is 0 Å². The number of aryl methyl sites for hydroxylation is 1. The van der Waals surface area contributed by atoms with Crippen LogP contribution in [-0.2, 0) is 6.42 Å². The standard InChI is InChI=1S/C16H18FNO3/c1-4-10-5-6-13(16(7-10)20-3)21-14-9-15(19-2)12(18)8-11(14)17/h5-9H,4,18H2,1-3H3. The van der Waals surface area contributed by atoms with Crippen LogP contribution in [0.25, 0.3) is 0 Å². The normalized spacial score (nSPS) is 10.3. The largest absolute Gasteiger partial charge is 0.494 e. The summed E-state index contributed by atoms with van der Waals surface area (Å²) in [5.41, 5.74) is 6.97. The SMILES string of the molecule is CCc1ccc(Oc2cc(OC)c(N)cc2F)c(OC)c1. The molecule has 0 spiro atoms. The number of methoxy groups -OCH3 is 2. The number of halogens is 1. The minimum atomic E-state index is -0.560. The lowest BCUT2D eigenvalue weighted by Crippen LogP contribution is -1.97. The van der Waals surface area contributed by atoms with Gasteiger partial charge in [0.1, 0.15) is 5.75 Å². The summed E-state index contributed by atoms with van der Waals surface area (Å²) in [6.07, 6.45) is 0.876. The molecule has 112 valence electrons. The molecule has 0 aliphatic carbocycles. The third kappa shape index (κ3) is 3.18. The molecule has 0 unspecified atom stereocenters. The van der Waals surface area contributed by atoms with Gasteiger partial charge in [0.05, 0.1) is 19.9 Å². The maximum Gasteiger partial charge on any atom is 0.169 e. The van der Waals surface area contributed by atoms with Crippen LogP contribution in [0.5, 0.6) is 23.0 Å². The summed E-state index contributed by atoms with van der Waals surface area (Å²) in [7, 11) is 3.01. The van der Waals surface area contributed by atoms with Crippen molar-refractivity contribution in [2.75, 3.05) is 20.0 Å². The minimum Gasteiger partial charge on any atom is -0.494 e. The van der Waals surface area contributed by atoms with E-state index in [1.54, 1.807) is 13.2 Å². The molecule has 0 atom stereocenters. The number of anilines is 1. The second kappa shape index (κ2) is 6.35. The van der Waals surface area contributed by atoms with Crippen molar-refractivity contribution in [1.29, 1.82) is 0 Å². The molecule has 0 saturated carbocycles. The highest BCUT2D eigenvalue weighted by molar-refractivity contribution is 5.57. The van der Waals surface area contributed by atoms with Gasteiger partial charge in [0.2, 0.25) is 0 Å². The maximum absolute atomic E-state index is 13.9. The molecular formula is C16H18FNO3. The summed E-state index contributed by atoms with van der Waals surface area (Å²) < 4.78 is 29.9. The highest BCUT2D eigenvalue weighted by Crippen LogP contribution is 2.37. The molecule has 0 aliphatic heterocycles. The zero-order chi connectivity index (χ0) is 15.4. The van der Waals surface area contributed by atoms with Gasteiger partial charge in [0.25, 0.3) is 0 Å². The molecule has 0 aliphatic rings. The minimum absolute atomic E-state index is 0.0311. The van der Waals surface area contributed by atoms with Gasteiger partial charge in [-0.15, -0.1) is 0 Å². The van der Waals surface area contributed by atoms with E-state index < -0.39 is 5.82 Å². The van der Waals surface area contributed by atoms with Crippen LogP contribution in [0.3, 0.4) is 0 Å². The Morgan fingerprint density at radius 2 is 1.67 bits per heavy atom. The van der Waals surface area contributed by atoms with Crippen LogP contribution in [0.2, 0.25) is 0 Å². The molecular weight excluding hydrogens is 273 g/mol. The van der Waals surface area contributed by atoms with Gasteiger partial charge >= 0.3 is 0 Å². The first-order valence-electron chi connectivity index (χ1n) is 6.56. The van der Waals surface area contributed by atoms with E-state index in [4.69, 9.17) is 19.9 Å². The molecule has 2 N–H and O–H groups in total. The van der Waals surface area contributed by atoms with E-state index in [9.17, 15) is 4.39 Å². The number of nitrogen functional groups attached to an aromatic ring is 1. The molecule has 0 saturated heterocycles. The quantitative estimate of drug-likeness (QED) is 0.852. The van der Waals surface area contributed by atoms with E-state index in [-0.39, 0.29) is 11.4 Å². The van der Waals surface area contributed by atoms with Crippen LogP contribution in [-0.4, -0.2) is 14.2 Å². The summed E-state index contributed by atoms with van der Waals surface area (Å²) >= 11 is 0. The smallest absolute Gasteiger partial charge is 0.169 e. The van der Waals surface area contributed by atoms with Crippen molar-refractivity contribution < 1.29 is 18.6 Å². The third-order valence-corrected chi connectivity index (χ3v) is 3.14. The first kappa shape index (κ1) is 15.0. The predicted octanol–water partition coefficient (Wildman–Crippen LogP) is 3.78. The van der Waals surface area contributed by atoms with Crippen molar-refractivity contribution >= 4 is 5.69 Å². The van der Waals surface area contributed by atoms with Crippen molar-refractivity contribution in [2.24, 2.45) is 0 Å². The van der Waals surface area contributed by atoms with Gasteiger partial charge in [-0.1, -0.05) is 13.0 Å². The van der Waals surface area contributed by atoms with Crippen molar-refractivity contribution in [1.82, 2.24) is 0 Å². The molecule has 0 heterocycles. The summed E-state index contributed by atoms with van der Waals surface area (Å²) in [6.45, 7) is 2.04. The fourth-order valence-electron chi connectivity index (χ4n) is 1.94. The maximum atomic E-state index is 13.9. The Bertz CT molecular complexity index is 644. The Balaban J connectivity index is 2.38. The number of benzene rings is 2. The van der Waals surface area contributed by atoms with Gasteiger partial charge in [0, 0.05) is 12.1 Å². The first-order valence-corrected chi connectivity index (χ1v) is 6.56. The topological polar surface area (TPSA) is 53.7 Å². The summed E-state index contributed by atoms with van der Waals surface area (Å²) in [5, 5.41) is 0. The number of nitrogens with two attached hydrogens (primary N) is 1. The second-order valence-corrected chi connectivity index (χ2v) is 4.47. The molecule has 0 aromatic heterocycles. The fourth-order valence-corrected chi connectivity index (χ4v) is 1.94. The molecule has 2 aromatic carbocycles. The molecule has 0 fully saturated rings. The molecule has 21 heavy (non-hydrogen) atoms. The zero-order valence-electron chi connectivity index (χ0n) is 12.3. The summed E-state index contributed by atoms with van der Waals surface area (Å²) in [6, 6.07) is 8.10. The van der Waals surface area contributed by atoms with Gasteiger partial charge in [-0.2, -0.15) is 0 Å². The Morgan fingerprint density at radius 1 is 0.952 bits per heavy atom. The predicted molar refractivity (Wildman–Crippen MR) is 79.8 cm³/mol. The molecule has 0 radical (unpaired) electrons. The van der Waals surface area contributed by atoms with Crippen molar-refractivity contribution in [3.63, 3.8) is 0 Å². The van der Waals surface area contributed by atoms with Gasteiger partial charge in [-0.25, -0.2) is 4.39 Å². The van der Waals surface area contributed by atoms with Gasteiger partial charge in [-0.05, 0) is 24.1 Å². The van der Waals surface area contributed by atoms with E-state index >= 15 is 0 Å². The number of hydrogen-bond acceptors (Lipinski definition) is 4. The van der Waals surface area contributed by atoms with E-state index in [1.165, 1.54) is 19.2 Å². The Morgan fingerprint density at radius 3 is 2.29 bits per heavy atom. The molecule has 5 heteroatoms. The number of ether oxygens (including phenoxy) is 3. The van der Waals surface area contributed by atoms with E-state index in [0.717, 1.165) is 12.0 Å². The van der Waals surface area contributed by atoms with Crippen molar-refractivity contribution in [3.05, 3.63) is 41.7 Å². The average molecular weight is 291 g/mol. The average Bonchev–Trinajstić information content (AvgIpc) is 2.50. The lowest BCUT2D eigenvalue weighted by molar-refractivity contribution is 0.367. The Labute approximate surface area is 123 Å². The number of rotatable bonds is 5. The summed E-state index contributed by atoms with van der Waals surface area (Å²) in [5.74, 6) is 0.805. The third-order valence-electron chi connectivity index (χ3n) is 3.14. The highest BCUT2D eigenvalue weighted by atomic mass is 19.1. The van der Waals surface area contributed by atoms with Gasteiger partial charge in [0.15, 0.2) is 23.1 Å². The second-order valence-electron chi connectivity index (χ2n) is 4.47. The molecule has 0 bridgehead atoms. The van der Waals surface area contributed by atoms with Crippen LogP contribution in [0.15, 0.2) is 30.3 Å². The summed E-state index contributed by atoms with van der Waals surface area (Å²) in [4.78, 5) is 0. The fraction of sp³-hybridized carbons (Fsp3) is 0.250. The molecule has 2 aromatic rings. The highest BCUT2D eigenvalue weighted by Gasteiger charge is 2.13. The lowest BCUT2D eigenvalue weighted by Gasteiger charge is -2.13. The molecule has 2 rings (SSSR count). The van der Waals surface area contributed by atoms with Crippen LogP contribution in [0.1, 0.15) is 12.5 Å².